The van der Waals surface area contributed by atoms with Crippen LogP contribution in [0.3, 0.4) is 0 Å². The van der Waals surface area contributed by atoms with Gasteiger partial charge in [0, 0.05) is 47.8 Å². The van der Waals surface area contributed by atoms with E-state index in [1.807, 2.05) is 0 Å². The summed E-state index contributed by atoms with van der Waals surface area (Å²) in [5.41, 5.74) is 0.125. The summed E-state index contributed by atoms with van der Waals surface area (Å²) in [6.45, 7) is 11.9. The molecular weight excluding hydrogens is 832 g/mol. The lowest BCUT2D eigenvalue weighted by molar-refractivity contribution is -0.149. The van der Waals surface area contributed by atoms with Crippen LogP contribution in [0.5, 0.6) is 0 Å². The van der Waals surface area contributed by atoms with E-state index in [1.54, 1.807) is 78.8 Å². The van der Waals surface area contributed by atoms with E-state index in [9.17, 15) is 32.4 Å². The van der Waals surface area contributed by atoms with E-state index in [4.69, 9.17) is 21.1 Å². The van der Waals surface area contributed by atoms with E-state index in [1.165, 1.54) is 57.2 Å². The number of aromatic nitrogens is 5. The van der Waals surface area contributed by atoms with Crippen LogP contribution in [-0.4, -0.2) is 105 Å². The molecule has 3 N–H and O–H groups in total. The standard InChI is InChI=1S/C40H45ClN10O9S/c1-8-43-61(57,58)45-27-12-9-24(10-13-27)19-32(49-18-17-48(35(53)36(49)54)31-22-26(41)11-15-30(31)50-23-42-46-47-50)34(52)44-28-14-16-29-25(20-28)21-33(37(55)59-39(2,3)4)51(29)38(56)60-40(5,6)7/h9-16,20-23,32,43,45H,8,17-19H2,1-7H3,(H,44,52)/t32-/m0/s1. The zero-order valence-electron chi connectivity index (χ0n) is 34.4. The van der Waals surface area contributed by atoms with Crippen LogP contribution >= 0.6 is 11.6 Å². The van der Waals surface area contributed by atoms with Crippen molar-refractivity contribution < 1.29 is 41.9 Å². The second kappa shape index (κ2) is 17.3. The number of halogens is 1. The van der Waals surface area contributed by atoms with Gasteiger partial charge >= 0.3 is 23.9 Å². The molecule has 0 saturated carbocycles. The summed E-state index contributed by atoms with van der Waals surface area (Å²) in [7, 11) is -3.82. The van der Waals surface area contributed by atoms with Crippen molar-refractivity contribution in [3.8, 4) is 5.69 Å². The maximum absolute atomic E-state index is 14.4. The Kier molecular flexibility index (Phi) is 12.5. The molecule has 1 aliphatic rings. The Morgan fingerprint density at radius 1 is 0.852 bits per heavy atom. The Morgan fingerprint density at radius 3 is 2.18 bits per heavy atom. The first kappa shape index (κ1) is 44.2. The number of tetrazole rings is 1. The molecule has 2 aromatic heterocycles. The van der Waals surface area contributed by atoms with E-state index in [2.05, 4.69) is 30.3 Å². The Hall–Kier alpha value is -6.38. The first-order valence-corrected chi connectivity index (χ1v) is 20.9. The number of rotatable bonds is 12. The molecule has 0 unspecified atom stereocenters. The fraction of sp³-hybridized carbons (Fsp3) is 0.350. The molecule has 322 valence electrons. The average molecular weight is 877 g/mol. The van der Waals surface area contributed by atoms with E-state index >= 15 is 0 Å². The minimum atomic E-state index is -3.82. The number of amides is 3. The number of benzene rings is 3. The van der Waals surface area contributed by atoms with Gasteiger partial charge in [-0.3, -0.25) is 19.1 Å². The molecular formula is C40H45ClN10O9S. The molecule has 3 aromatic carbocycles. The molecule has 1 aliphatic heterocycles. The Balaban J connectivity index is 1.33. The summed E-state index contributed by atoms with van der Waals surface area (Å²) in [4.78, 5) is 71.7. The number of carbonyl (C=O) groups excluding carboxylic acids is 5. The predicted octanol–water partition coefficient (Wildman–Crippen LogP) is 4.70. The largest absolute Gasteiger partial charge is 0.455 e. The van der Waals surface area contributed by atoms with Gasteiger partial charge in [0.1, 0.15) is 29.3 Å². The van der Waals surface area contributed by atoms with Gasteiger partial charge in [-0.05, 0) is 112 Å². The number of piperazine rings is 1. The fourth-order valence-corrected chi connectivity index (χ4v) is 7.58. The molecule has 0 aliphatic carbocycles. The van der Waals surface area contributed by atoms with Crippen molar-refractivity contribution in [1.29, 1.82) is 0 Å². The van der Waals surface area contributed by atoms with Crippen LogP contribution in [0.4, 0.5) is 21.9 Å². The zero-order valence-corrected chi connectivity index (χ0v) is 36.0. The van der Waals surface area contributed by atoms with Gasteiger partial charge in [0.05, 0.1) is 16.9 Å². The summed E-state index contributed by atoms with van der Waals surface area (Å²) in [5, 5.41) is 14.8. The maximum Gasteiger partial charge on any atom is 0.419 e. The second-order valence-corrected chi connectivity index (χ2v) is 17.9. The normalized spacial score (nSPS) is 14.2. The SMILES string of the molecule is CCNS(=O)(=O)Nc1ccc(C[C@@H](C(=O)Nc2ccc3c(c2)cc(C(=O)OC(C)(C)C)n3C(=O)OC(C)(C)C)N2CCN(c3cc(Cl)ccc3-n3cnnn3)C(=O)C2=O)cc1. The number of nitrogens with one attached hydrogen (secondary N) is 3. The average Bonchev–Trinajstić information content (AvgIpc) is 3.83. The third-order valence-electron chi connectivity index (χ3n) is 8.98. The van der Waals surface area contributed by atoms with Crippen LogP contribution in [0.1, 0.15) is 64.5 Å². The van der Waals surface area contributed by atoms with Crippen molar-refractivity contribution in [3.63, 3.8) is 0 Å². The number of hydrogen-bond acceptors (Lipinski definition) is 12. The summed E-state index contributed by atoms with van der Waals surface area (Å²) < 4.78 is 43.0. The fourth-order valence-electron chi connectivity index (χ4n) is 6.52. The highest BCUT2D eigenvalue weighted by molar-refractivity contribution is 7.90. The molecule has 6 rings (SSSR count). The number of hydrogen-bond donors (Lipinski definition) is 3. The van der Waals surface area contributed by atoms with Crippen LogP contribution in [0.25, 0.3) is 16.6 Å². The lowest BCUT2D eigenvalue weighted by Crippen LogP contribution is -2.60. The summed E-state index contributed by atoms with van der Waals surface area (Å²) in [6, 6.07) is 15.7. The molecule has 0 radical (unpaired) electrons. The number of esters is 1. The van der Waals surface area contributed by atoms with Gasteiger partial charge < -0.3 is 24.6 Å². The minimum Gasteiger partial charge on any atom is -0.455 e. The first-order chi connectivity index (χ1) is 28.6. The lowest BCUT2D eigenvalue weighted by atomic mass is 10.0. The van der Waals surface area contributed by atoms with Crippen LogP contribution in [0.2, 0.25) is 5.02 Å². The highest BCUT2D eigenvalue weighted by atomic mass is 35.5. The quantitative estimate of drug-likeness (QED) is 0.115. The first-order valence-electron chi connectivity index (χ1n) is 19.1. The van der Waals surface area contributed by atoms with E-state index in [-0.39, 0.29) is 48.8 Å². The smallest absolute Gasteiger partial charge is 0.419 e. The third kappa shape index (κ3) is 10.5. The predicted molar refractivity (Wildman–Crippen MR) is 226 cm³/mol. The van der Waals surface area contributed by atoms with Gasteiger partial charge in [0.2, 0.25) is 5.91 Å². The van der Waals surface area contributed by atoms with Crippen LogP contribution in [0, 0.1) is 0 Å². The van der Waals surface area contributed by atoms with Crippen molar-refractivity contribution in [2.75, 3.05) is 34.6 Å². The zero-order chi connectivity index (χ0) is 44.4. The van der Waals surface area contributed by atoms with Gasteiger partial charge in [-0.25, -0.2) is 14.2 Å². The van der Waals surface area contributed by atoms with Crippen molar-refractivity contribution in [2.45, 2.75) is 72.1 Å². The van der Waals surface area contributed by atoms with Gasteiger partial charge in [0.25, 0.3) is 10.2 Å². The number of ether oxygens (including phenoxy) is 2. The molecule has 1 saturated heterocycles. The second-order valence-electron chi connectivity index (χ2n) is 16.0. The Labute approximate surface area is 356 Å². The molecule has 3 amide bonds. The monoisotopic (exact) mass is 876 g/mol. The lowest BCUT2D eigenvalue weighted by Gasteiger charge is -2.38. The summed E-state index contributed by atoms with van der Waals surface area (Å²) in [5.74, 6) is -3.35. The van der Waals surface area contributed by atoms with Crippen LogP contribution in [0.15, 0.2) is 73.1 Å². The highest BCUT2D eigenvalue weighted by Gasteiger charge is 2.41. The molecule has 5 aromatic rings. The molecule has 61 heavy (non-hydrogen) atoms. The van der Waals surface area contributed by atoms with Crippen molar-refractivity contribution >= 4 is 79.6 Å². The van der Waals surface area contributed by atoms with Gasteiger partial charge in [-0.2, -0.15) is 17.8 Å². The van der Waals surface area contributed by atoms with Gasteiger partial charge in [-0.1, -0.05) is 30.7 Å². The number of nitrogens with zero attached hydrogens (tertiary/aromatic N) is 7. The summed E-state index contributed by atoms with van der Waals surface area (Å²) in [6.07, 6.45) is 0.429. The Morgan fingerprint density at radius 2 is 1.54 bits per heavy atom. The van der Waals surface area contributed by atoms with Gasteiger partial charge in [0.15, 0.2) is 0 Å². The van der Waals surface area contributed by atoms with Crippen molar-refractivity contribution in [2.24, 2.45) is 0 Å². The molecule has 0 spiro atoms. The van der Waals surface area contributed by atoms with Crippen LogP contribution < -0.4 is 19.7 Å². The third-order valence-corrected chi connectivity index (χ3v) is 10.4. The number of anilines is 3. The molecule has 1 fully saturated rings. The molecule has 1 atom stereocenters. The highest BCUT2D eigenvalue weighted by Crippen LogP contribution is 2.31. The van der Waals surface area contributed by atoms with E-state index < -0.39 is 57.2 Å². The van der Waals surface area contributed by atoms with Gasteiger partial charge in [-0.15, -0.1) is 5.10 Å². The molecule has 0 bridgehead atoms. The van der Waals surface area contributed by atoms with Crippen molar-refractivity contribution in [3.05, 3.63) is 89.3 Å². The summed E-state index contributed by atoms with van der Waals surface area (Å²) >= 11 is 6.32. The minimum absolute atomic E-state index is 0.0352. The molecule has 3 heterocycles. The van der Waals surface area contributed by atoms with E-state index in [0.717, 1.165) is 4.57 Å². The molecule has 21 heteroatoms. The molecule has 19 nitrogen and oxygen atoms in total. The maximum atomic E-state index is 14.4. The number of fused-ring (bicyclic) bond motifs is 1. The Bertz CT molecular complexity index is 2600. The van der Waals surface area contributed by atoms with E-state index in [0.29, 0.717) is 27.2 Å². The topological polar surface area (TPSA) is 229 Å². The van der Waals surface area contributed by atoms with Crippen LogP contribution in [-0.2, 0) is 40.5 Å². The van der Waals surface area contributed by atoms with Crippen molar-refractivity contribution in [1.82, 2.24) is 34.4 Å². The number of carbonyl (C=O) groups is 5.